The van der Waals surface area contributed by atoms with Gasteiger partial charge in [0.25, 0.3) is 5.65 Å². The third-order valence-electron chi connectivity index (χ3n) is 4.14. The molecule has 4 aromatic rings. The van der Waals surface area contributed by atoms with Crippen molar-refractivity contribution in [3.8, 4) is 11.4 Å². The van der Waals surface area contributed by atoms with Crippen molar-refractivity contribution in [1.29, 1.82) is 0 Å². The lowest BCUT2D eigenvalue weighted by molar-refractivity contribution is -0.648. The van der Waals surface area contributed by atoms with Crippen LogP contribution in [-0.4, -0.2) is 19.1 Å². The van der Waals surface area contributed by atoms with E-state index in [2.05, 4.69) is 9.97 Å². The molecule has 1 aliphatic rings. The number of rotatable bonds is 0. The summed E-state index contributed by atoms with van der Waals surface area (Å²) < 4.78 is 52.7. The molecule has 0 atom stereocenters. The lowest BCUT2D eigenvalue weighted by atomic mass is 10.2. The van der Waals surface area contributed by atoms with Crippen molar-refractivity contribution < 1.29 is 12.8 Å². The number of nitrogens with zero attached hydrogens (tertiary/aromatic N) is 5. The van der Waals surface area contributed by atoms with Crippen LogP contribution in [-0.2, 0) is 20.5 Å². The lowest BCUT2D eigenvalue weighted by Gasteiger charge is -1.97. The molecule has 0 aliphatic carbocycles. The minimum absolute atomic E-state index is 0.348. The van der Waals surface area contributed by atoms with Crippen LogP contribution >= 0.6 is 0 Å². The number of fused-ring (bicyclic) bond motifs is 7. The first kappa shape index (κ1) is 6.85. The van der Waals surface area contributed by atoms with E-state index in [0.29, 0.717) is 34.4 Å². The highest BCUT2D eigenvalue weighted by Gasteiger charge is 2.34. The molecule has 0 saturated heterocycles. The minimum Gasteiger partial charge on any atom is -0.264 e. The first-order valence-corrected chi connectivity index (χ1v) is 6.56. The lowest BCUT2D eigenvalue weighted by Crippen LogP contribution is -2.33. The molecule has 0 spiro atoms. The van der Waals surface area contributed by atoms with E-state index in [4.69, 9.17) is 8.22 Å². The zero-order chi connectivity index (χ0) is 19.1. The molecule has 0 amide bonds. The van der Waals surface area contributed by atoms with Crippen LogP contribution in [0.3, 0.4) is 0 Å². The molecule has 0 aromatic carbocycles. The van der Waals surface area contributed by atoms with E-state index in [-0.39, 0.29) is 0 Å². The van der Waals surface area contributed by atoms with Crippen LogP contribution in [0.15, 0.2) is 36.9 Å². The van der Waals surface area contributed by atoms with Crippen molar-refractivity contribution >= 4 is 22.1 Å². The monoisotopic (exact) mass is 282 g/mol. The van der Waals surface area contributed by atoms with E-state index in [1.54, 1.807) is 29.1 Å². The van der Waals surface area contributed by atoms with Crippen LogP contribution in [0.5, 0.6) is 0 Å². The molecule has 0 fully saturated rings. The number of aromatic nitrogens is 5. The van der Waals surface area contributed by atoms with Gasteiger partial charge in [0.05, 0.1) is 39.7 Å². The second kappa shape index (κ2) is 3.49. The van der Waals surface area contributed by atoms with E-state index >= 15 is 0 Å². The predicted molar refractivity (Wildman–Crippen MR) is 79.7 cm³/mol. The van der Waals surface area contributed by atoms with Gasteiger partial charge in [-0.2, -0.15) is 0 Å². The summed E-state index contributed by atoms with van der Waals surface area (Å²) in [7, 11) is 0. The Morgan fingerprint density at radius 2 is 2.00 bits per heavy atom. The molecule has 5 heterocycles. The topological polar surface area (TPSA) is 39.5 Å². The van der Waals surface area contributed by atoms with Crippen LogP contribution in [0.1, 0.15) is 13.8 Å². The molecule has 102 valence electrons. The summed E-state index contributed by atoms with van der Waals surface area (Å²) in [5.74, 6) is 0.459. The van der Waals surface area contributed by atoms with Crippen molar-refractivity contribution in [3.63, 3.8) is 0 Å². The molecule has 1 aliphatic heterocycles. The van der Waals surface area contributed by atoms with Crippen molar-refractivity contribution in [2.24, 2.45) is 14.0 Å². The molecule has 5 nitrogen and oxygen atoms in total. The SMILES string of the molecule is [2H]C([2H])([2H])n1c2[n+](c3c1c1cnccc1n3C([2H])([2H])[2H])Cc1cnccc1-2. The highest BCUT2D eigenvalue weighted by Crippen LogP contribution is 2.34. The Bertz CT molecular complexity index is 1230. The van der Waals surface area contributed by atoms with Gasteiger partial charge in [0, 0.05) is 30.4 Å². The van der Waals surface area contributed by atoms with Gasteiger partial charge in [0.2, 0.25) is 5.82 Å². The Kier molecular flexibility index (Phi) is 1.14. The summed E-state index contributed by atoms with van der Waals surface area (Å²) in [6, 6.07) is 3.36. The smallest absolute Gasteiger partial charge is 0.264 e. The Morgan fingerprint density at radius 3 is 2.90 bits per heavy atom. The highest BCUT2D eigenvalue weighted by molar-refractivity contribution is 6.04. The summed E-state index contributed by atoms with van der Waals surface area (Å²) >= 11 is 0. The fourth-order valence-corrected chi connectivity index (χ4v) is 3.26. The Hall–Kier alpha value is -2.69. The van der Waals surface area contributed by atoms with E-state index in [1.807, 2.05) is 0 Å². The van der Waals surface area contributed by atoms with E-state index in [9.17, 15) is 0 Å². The minimum atomic E-state index is -2.49. The third kappa shape index (κ3) is 1.15. The normalized spacial score (nSPS) is 18.5. The fourth-order valence-electron chi connectivity index (χ4n) is 3.26. The Labute approximate surface area is 129 Å². The molecule has 0 unspecified atom stereocenters. The molecule has 0 saturated carbocycles. The first-order valence-electron chi connectivity index (χ1n) is 9.56. The van der Waals surface area contributed by atoms with Crippen molar-refractivity contribution in [2.75, 3.05) is 0 Å². The average Bonchev–Trinajstić information content (AvgIpc) is 3.19. The van der Waals surface area contributed by atoms with E-state index < -0.39 is 14.0 Å². The quantitative estimate of drug-likeness (QED) is 0.406. The molecule has 5 rings (SSSR count). The van der Waals surface area contributed by atoms with Gasteiger partial charge in [-0.05, 0) is 12.1 Å². The van der Waals surface area contributed by atoms with Gasteiger partial charge >= 0.3 is 0 Å². The number of hydrogen-bond donors (Lipinski definition) is 0. The van der Waals surface area contributed by atoms with Crippen LogP contribution in [0.25, 0.3) is 33.5 Å². The van der Waals surface area contributed by atoms with Crippen LogP contribution in [0.4, 0.5) is 0 Å². The molecular weight excluding hydrogens is 262 g/mol. The zero-order valence-corrected chi connectivity index (χ0v) is 10.9. The van der Waals surface area contributed by atoms with Crippen molar-refractivity contribution in [2.45, 2.75) is 6.54 Å². The summed E-state index contributed by atoms with van der Waals surface area (Å²) in [6.45, 7) is -4.61. The van der Waals surface area contributed by atoms with Crippen molar-refractivity contribution in [1.82, 2.24) is 19.1 Å². The summed E-state index contributed by atoms with van der Waals surface area (Å²) in [5.41, 5.74) is 2.73. The van der Waals surface area contributed by atoms with Gasteiger partial charge in [-0.3, -0.25) is 19.1 Å². The summed E-state index contributed by atoms with van der Waals surface area (Å²) in [5, 5.41) is 0.497. The standard InChI is InChI=1S/C16H14N5/c1-19-13-4-6-18-8-12(13)14-16(19)21-9-10-7-17-5-3-11(10)15(21)20(14)2/h3-8H,9H2,1-2H3/q+1/i1D3,2D3. The maximum Gasteiger partial charge on any atom is 0.269 e. The third-order valence-corrected chi connectivity index (χ3v) is 4.14. The number of aryl methyl sites for hydroxylation is 2. The van der Waals surface area contributed by atoms with Gasteiger partial charge in [0.15, 0.2) is 5.52 Å². The molecular formula is C16H14N5+. The zero-order valence-electron chi connectivity index (χ0n) is 16.9. The molecule has 4 aromatic heterocycles. The second-order valence-corrected chi connectivity index (χ2v) is 5.18. The van der Waals surface area contributed by atoms with Crippen LogP contribution in [0.2, 0.25) is 0 Å². The van der Waals surface area contributed by atoms with Gasteiger partial charge in [-0.25, -0.2) is 4.57 Å². The molecule has 21 heavy (non-hydrogen) atoms. The maximum atomic E-state index is 8.12. The fraction of sp³-hybridized carbons (Fsp3) is 0.188. The summed E-state index contributed by atoms with van der Waals surface area (Å²) in [4.78, 5) is 8.21. The molecule has 0 bridgehead atoms. The highest BCUT2D eigenvalue weighted by atomic mass is 15.2. The maximum absolute atomic E-state index is 8.12. The predicted octanol–water partition coefficient (Wildman–Crippen LogP) is 1.78. The van der Waals surface area contributed by atoms with Crippen LogP contribution < -0.4 is 4.57 Å². The molecule has 5 heteroatoms. The number of hydrogen-bond acceptors (Lipinski definition) is 2. The first-order chi connectivity index (χ1) is 12.7. The van der Waals surface area contributed by atoms with Crippen molar-refractivity contribution in [3.05, 3.63) is 42.5 Å². The van der Waals surface area contributed by atoms with Gasteiger partial charge in [0.1, 0.15) is 5.52 Å². The number of pyridine rings is 2. The molecule has 0 N–H and O–H groups in total. The van der Waals surface area contributed by atoms with Crippen LogP contribution in [0, 0.1) is 0 Å². The second-order valence-electron chi connectivity index (χ2n) is 5.18. The Balaban J connectivity index is 2.07. The van der Waals surface area contributed by atoms with Gasteiger partial charge in [-0.15, -0.1) is 0 Å². The Morgan fingerprint density at radius 1 is 1.14 bits per heavy atom. The van der Waals surface area contributed by atoms with Gasteiger partial charge in [-0.1, -0.05) is 0 Å². The number of imidazole rings is 1. The largest absolute Gasteiger partial charge is 0.269 e. The van der Waals surface area contributed by atoms with Gasteiger partial charge < -0.3 is 0 Å². The molecule has 0 radical (unpaired) electrons. The summed E-state index contributed by atoms with van der Waals surface area (Å²) in [6.07, 6.45) is 6.31. The van der Waals surface area contributed by atoms with E-state index in [0.717, 1.165) is 11.1 Å². The van der Waals surface area contributed by atoms with E-state index in [1.165, 1.54) is 21.5 Å². The average molecular weight is 282 g/mol.